The molecule has 0 bridgehead atoms. The van der Waals surface area contributed by atoms with Crippen molar-refractivity contribution in [3.63, 3.8) is 0 Å². The Labute approximate surface area is 167 Å². The third-order valence-corrected chi connectivity index (χ3v) is 5.08. The lowest BCUT2D eigenvalue weighted by molar-refractivity contribution is 0.290. The SMILES string of the molecule is C=C(CN(Cc1ccccc1)Cc1ccccc1)c1cccc2ccccc12. The zero-order valence-electron chi connectivity index (χ0n) is 16.1. The summed E-state index contributed by atoms with van der Waals surface area (Å²) in [4.78, 5) is 2.47. The topological polar surface area (TPSA) is 3.24 Å². The van der Waals surface area contributed by atoms with Gasteiger partial charge >= 0.3 is 0 Å². The molecular weight excluding hydrogens is 338 g/mol. The highest BCUT2D eigenvalue weighted by Crippen LogP contribution is 2.25. The van der Waals surface area contributed by atoms with Gasteiger partial charge in [-0.15, -0.1) is 0 Å². The first-order chi connectivity index (χ1) is 13.8. The fourth-order valence-corrected chi connectivity index (χ4v) is 3.74. The molecule has 0 unspecified atom stereocenters. The van der Waals surface area contributed by atoms with Gasteiger partial charge in [0.05, 0.1) is 0 Å². The van der Waals surface area contributed by atoms with Gasteiger partial charge in [-0.25, -0.2) is 0 Å². The van der Waals surface area contributed by atoms with Crippen molar-refractivity contribution < 1.29 is 0 Å². The maximum atomic E-state index is 4.46. The minimum Gasteiger partial charge on any atom is -0.291 e. The maximum Gasteiger partial charge on any atom is 0.0241 e. The van der Waals surface area contributed by atoms with E-state index in [-0.39, 0.29) is 0 Å². The zero-order valence-corrected chi connectivity index (χ0v) is 16.1. The molecule has 1 heteroatoms. The smallest absolute Gasteiger partial charge is 0.0241 e. The van der Waals surface area contributed by atoms with Crippen molar-refractivity contribution in [2.45, 2.75) is 13.1 Å². The van der Waals surface area contributed by atoms with Gasteiger partial charge in [-0.05, 0) is 33.0 Å². The van der Waals surface area contributed by atoms with E-state index in [0.29, 0.717) is 0 Å². The average molecular weight is 364 g/mol. The van der Waals surface area contributed by atoms with Crippen LogP contribution in [-0.4, -0.2) is 11.4 Å². The van der Waals surface area contributed by atoms with Crippen molar-refractivity contribution in [1.29, 1.82) is 0 Å². The molecule has 138 valence electrons. The molecule has 0 saturated heterocycles. The first-order valence-corrected chi connectivity index (χ1v) is 9.76. The van der Waals surface area contributed by atoms with E-state index >= 15 is 0 Å². The number of hydrogen-bond acceptors (Lipinski definition) is 1. The minimum absolute atomic E-state index is 0.831. The summed E-state index contributed by atoms with van der Waals surface area (Å²) in [6.45, 7) is 7.09. The van der Waals surface area contributed by atoms with E-state index in [1.807, 2.05) is 0 Å². The Balaban J connectivity index is 1.59. The van der Waals surface area contributed by atoms with Crippen LogP contribution in [0.5, 0.6) is 0 Å². The lowest BCUT2D eigenvalue weighted by atomic mass is 9.98. The molecule has 0 aromatic heterocycles. The predicted molar refractivity (Wildman–Crippen MR) is 120 cm³/mol. The first-order valence-electron chi connectivity index (χ1n) is 9.76. The van der Waals surface area contributed by atoms with Gasteiger partial charge in [0, 0.05) is 19.6 Å². The Bertz CT molecular complexity index is 1000. The molecule has 0 atom stereocenters. The molecule has 0 spiro atoms. The molecule has 0 aliphatic heterocycles. The highest BCUT2D eigenvalue weighted by Gasteiger charge is 2.12. The second kappa shape index (κ2) is 8.69. The number of hydrogen-bond donors (Lipinski definition) is 0. The monoisotopic (exact) mass is 363 g/mol. The lowest BCUT2D eigenvalue weighted by Gasteiger charge is -2.24. The van der Waals surface area contributed by atoms with E-state index in [9.17, 15) is 0 Å². The number of benzene rings is 4. The Morgan fingerprint density at radius 2 is 1.14 bits per heavy atom. The minimum atomic E-state index is 0.831. The van der Waals surface area contributed by atoms with E-state index in [2.05, 4.69) is 115 Å². The van der Waals surface area contributed by atoms with Crippen LogP contribution in [-0.2, 0) is 13.1 Å². The Morgan fingerprint density at radius 3 is 1.79 bits per heavy atom. The van der Waals surface area contributed by atoms with Crippen molar-refractivity contribution in [3.05, 3.63) is 126 Å². The van der Waals surface area contributed by atoms with E-state index in [1.165, 1.54) is 27.5 Å². The van der Waals surface area contributed by atoms with Crippen LogP contribution in [0.4, 0.5) is 0 Å². The third kappa shape index (κ3) is 4.39. The lowest BCUT2D eigenvalue weighted by Crippen LogP contribution is -2.24. The van der Waals surface area contributed by atoms with Crippen molar-refractivity contribution in [2.24, 2.45) is 0 Å². The normalized spacial score (nSPS) is 11.0. The van der Waals surface area contributed by atoms with Crippen LogP contribution in [0.25, 0.3) is 16.3 Å². The summed E-state index contributed by atoms with van der Waals surface area (Å²) >= 11 is 0. The Morgan fingerprint density at radius 1 is 0.607 bits per heavy atom. The molecule has 0 aliphatic carbocycles. The standard InChI is InChI=1S/C27H25N/c1-22(26-18-10-16-25-15-8-9-17-27(25)26)19-28(20-23-11-4-2-5-12-23)21-24-13-6-3-7-14-24/h2-18H,1,19-21H2. The van der Waals surface area contributed by atoms with Gasteiger partial charge in [0.2, 0.25) is 0 Å². The molecule has 0 saturated carbocycles. The van der Waals surface area contributed by atoms with E-state index in [1.54, 1.807) is 0 Å². The predicted octanol–water partition coefficient (Wildman–Crippen LogP) is 6.56. The molecule has 1 nitrogen and oxygen atoms in total. The molecule has 0 heterocycles. The van der Waals surface area contributed by atoms with Crippen LogP contribution in [0, 0.1) is 0 Å². The molecular formula is C27H25N. The van der Waals surface area contributed by atoms with Gasteiger partial charge < -0.3 is 0 Å². The molecule has 0 N–H and O–H groups in total. The van der Waals surface area contributed by atoms with Gasteiger partial charge in [0.1, 0.15) is 0 Å². The molecule has 4 aromatic carbocycles. The van der Waals surface area contributed by atoms with E-state index in [4.69, 9.17) is 0 Å². The zero-order chi connectivity index (χ0) is 19.2. The second-order valence-electron chi connectivity index (χ2n) is 7.25. The van der Waals surface area contributed by atoms with Crippen LogP contribution in [0.15, 0.2) is 110 Å². The van der Waals surface area contributed by atoms with E-state index in [0.717, 1.165) is 25.2 Å². The highest BCUT2D eigenvalue weighted by molar-refractivity contribution is 5.93. The molecule has 0 fully saturated rings. The van der Waals surface area contributed by atoms with Crippen LogP contribution in [0.2, 0.25) is 0 Å². The first kappa shape index (κ1) is 18.2. The van der Waals surface area contributed by atoms with Gasteiger partial charge in [-0.1, -0.05) is 110 Å². The molecule has 0 aliphatic rings. The highest BCUT2D eigenvalue weighted by atomic mass is 15.1. The Hall–Kier alpha value is -3.16. The fraction of sp³-hybridized carbons (Fsp3) is 0.111. The number of nitrogens with zero attached hydrogens (tertiary/aromatic N) is 1. The van der Waals surface area contributed by atoms with Crippen molar-refractivity contribution in [3.8, 4) is 0 Å². The average Bonchev–Trinajstić information content (AvgIpc) is 2.74. The van der Waals surface area contributed by atoms with Gasteiger partial charge in [-0.3, -0.25) is 4.90 Å². The van der Waals surface area contributed by atoms with E-state index < -0.39 is 0 Å². The van der Waals surface area contributed by atoms with Gasteiger partial charge in [-0.2, -0.15) is 0 Å². The molecule has 4 aromatic rings. The summed E-state index contributed by atoms with van der Waals surface area (Å²) in [6, 6.07) is 36.4. The quantitative estimate of drug-likeness (QED) is 0.359. The Kier molecular flexibility index (Phi) is 5.65. The van der Waals surface area contributed by atoms with Crippen LogP contribution < -0.4 is 0 Å². The van der Waals surface area contributed by atoms with Crippen LogP contribution >= 0.6 is 0 Å². The number of fused-ring (bicyclic) bond motifs is 1. The largest absolute Gasteiger partial charge is 0.291 e. The summed E-state index contributed by atoms with van der Waals surface area (Å²) in [6.07, 6.45) is 0. The maximum absolute atomic E-state index is 4.46. The summed E-state index contributed by atoms with van der Waals surface area (Å²) in [7, 11) is 0. The van der Waals surface area contributed by atoms with Gasteiger partial charge in [0.25, 0.3) is 0 Å². The van der Waals surface area contributed by atoms with Crippen molar-refractivity contribution >= 4 is 16.3 Å². The van der Waals surface area contributed by atoms with Crippen LogP contribution in [0.1, 0.15) is 16.7 Å². The van der Waals surface area contributed by atoms with Crippen LogP contribution in [0.3, 0.4) is 0 Å². The van der Waals surface area contributed by atoms with Crippen molar-refractivity contribution in [2.75, 3.05) is 6.54 Å². The summed E-state index contributed by atoms with van der Waals surface area (Å²) < 4.78 is 0. The fourth-order valence-electron chi connectivity index (χ4n) is 3.74. The summed E-state index contributed by atoms with van der Waals surface area (Å²) in [5.74, 6) is 0. The summed E-state index contributed by atoms with van der Waals surface area (Å²) in [5.41, 5.74) is 5.04. The summed E-state index contributed by atoms with van der Waals surface area (Å²) in [5, 5.41) is 2.54. The number of rotatable bonds is 7. The third-order valence-electron chi connectivity index (χ3n) is 5.08. The van der Waals surface area contributed by atoms with Gasteiger partial charge in [0.15, 0.2) is 0 Å². The molecule has 28 heavy (non-hydrogen) atoms. The molecule has 0 amide bonds. The second-order valence-corrected chi connectivity index (χ2v) is 7.25. The molecule has 4 rings (SSSR count). The van der Waals surface area contributed by atoms with Crippen molar-refractivity contribution in [1.82, 2.24) is 4.90 Å². The molecule has 0 radical (unpaired) electrons.